The number of halogens is 1. The van der Waals surface area contributed by atoms with Gasteiger partial charge in [0.1, 0.15) is 0 Å². The Hall–Kier alpha value is -1.92. The first-order chi connectivity index (χ1) is 9.74. The molecule has 0 saturated carbocycles. The summed E-state index contributed by atoms with van der Waals surface area (Å²) in [5, 5.41) is 16.3. The molecule has 3 rings (SSSR count). The van der Waals surface area contributed by atoms with Gasteiger partial charge in [-0.15, -0.1) is 5.10 Å². The molecule has 0 aliphatic carbocycles. The highest BCUT2D eigenvalue weighted by molar-refractivity contribution is 9.10. The Bertz CT molecular complexity index is 741. The number of rotatable bonds is 4. The molecule has 0 aliphatic rings. The topological polar surface area (TPSA) is 63.0 Å². The summed E-state index contributed by atoms with van der Waals surface area (Å²) in [5.41, 5.74) is 0.916. The van der Waals surface area contributed by atoms with Crippen molar-refractivity contribution >= 4 is 38.4 Å². The van der Waals surface area contributed by atoms with E-state index in [1.807, 2.05) is 31.3 Å². The number of nitrogens with zero attached hydrogens (tertiary/aromatic N) is 2. The average molecular weight is 333 g/mol. The second kappa shape index (κ2) is 5.60. The first-order valence-electron chi connectivity index (χ1n) is 6.18. The van der Waals surface area contributed by atoms with E-state index in [0.29, 0.717) is 18.5 Å². The Kier molecular flexibility index (Phi) is 3.66. The maximum absolute atomic E-state index is 5.46. The molecule has 0 unspecified atom stereocenters. The van der Waals surface area contributed by atoms with E-state index in [-0.39, 0.29) is 0 Å². The SMILES string of the molecule is CNCc1nnc(Nc2ccc3cc(Br)ccc3c2)o1. The highest BCUT2D eigenvalue weighted by Crippen LogP contribution is 2.24. The van der Waals surface area contributed by atoms with Crippen molar-refractivity contribution < 1.29 is 4.42 Å². The first-order valence-corrected chi connectivity index (χ1v) is 6.97. The highest BCUT2D eigenvalue weighted by atomic mass is 79.9. The molecule has 2 aromatic carbocycles. The fourth-order valence-corrected chi connectivity index (χ4v) is 2.32. The lowest BCUT2D eigenvalue weighted by Crippen LogP contribution is -2.04. The standard InChI is InChI=1S/C14H13BrN4O/c1-16-8-13-18-19-14(20-13)17-12-5-3-9-6-11(15)4-2-10(9)7-12/h2-7,16H,8H2,1H3,(H,17,19). The van der Waals surface area contributed by atoms with E-state index in [9.17, 15) is 0 Å². The predicted molar refractivity (Wildman–Crippen MR) is 82.0 cm³/mol. The second-order valence-electron chi connectivity index (χ2n) is 4.36. The number of nitrogens with one attached hydrogen (secondary N) is 2. The molecule has 6 heteroatoms. The van der Waals surface area contributed by atoms with Gasteiger partial charge in [0, 0.05) is 10.2 Å². The quantitative estimate of drug-likeness (QED) is 0.766. The number of hydrogen-bond donors (Lipinski definition) is 2. The summed E-state index contributed by atoms with van der Waals surface area (Å²) in [7, 11) is 1.83. The summed E-state index contributed by atoms with van der Waals surface area (Å²) in [6, 6.07) is 12.6. The molecule has 5 nitrogen and oxygen atoms in total. The van der Waals surface area contributed by atoms with Crippen molar-refractivity contribution in [2.45, 2.75) is 6.54 Å². The van der Waals surface area contributed by atoms with Gasteiger partial charge in [-0.1, -0.05) is 33.2 Å². The molecule has 0 radical (unpaired) electrons. The third kappa shape index (κ3) is 2.81. The van der Waals surface area contributed by atoms with Gasteiger partial charge < -0.3 is 15.1 Å². The van der Waals surface area contributed by atoms with Crippen molar-refractivity contribution in [3.05, 3.63) is 46.8 Å². The molecule has 0 amide bonds. The van der Waals surface area contributed by atoms with Gasteiger partial charge in [0.15, 0.2) is 0 Å². The van der Waals surface area contributed by atoms with Crippen LogP contribution in [0.15, 0.2) is 45.3 Å². The summed E-state index contributed by atoms with van der Waals surface area (Å²) in [6.45, 7) is 0.556. The van der Waals surface area contributed by atoms with Crippen molar-refractivity contribution in [2.24, 2.45) is 0 Å². The van der Waals surface area contributed by atoms with Gasteiger partial charge in [0.25, 0.3) is 0 Å². The molecule has 0 fully saturated rings. The zero-order chi connectivity index (χ0) is 13.9. The Balaban J connectivity index is 1.84. The minimum absolute atomic E-state index is 0.395. The molecule has 1 heterocycles. The van der Waals surface area contributed by atoms with Gasteiger partial charge >= 0.3 is 6.01 Å². The Morgan fingerprint density at radius 2 is 1.90 bits per heavy atom. The van der Waals surface area contributed by atoms with Crippen LogP contribution < -0.4 is 10.6 Å². The van der Waals surface area contributed by atoms with Gasteiger partial charge in [0.2, 0.25) is 5.89 Å². The van der Waals surface area contributed by atoms with E-state index in [2.05, 4.69) is 48.9 Å². The summed E-state index contributed by atoms with van der Waals surface area (Å²) >= 11 is 3.47. The van der Waals surface area contributed by atoms with Gasteiger partial charge in [-0.3, -0.25) is 0 Å². The van der Waals surface area contributed by atoms with Crippen LogP contribution in [-0.4, -0.2) is 17.2 Å². The molecule has 1 aromatic heterocycles. The number of aromatic nitrogens is 2. The lowest BCUT2D eigenvalue weighted by molar-refractivity contribution is 0.493. The smallest absolute Gasteiger partial charge is 0.320 e. The summed E-state index contributed by atoms with van der Waals surface area (Å²) in [6.07, 6.45) is 0. The first kappa shape index (κ1) is 13.1. The van der Waals surface area contributed by atoms with Crippen LogP contribution in [0.4, 0.5) is 11.7 Å². The number of anilines is 2. The third-order valence-electron chi connectivity index (χ3n) is 2.85. The number of hydrogen-bond acceptors (Lipinski definition) is 5. The maximum Gasteiger partial charge on any atom is 0.320 e. The van der Waals surface area contributed by atoms with E-state index >= 15 is 0 Å². The highest BCUT2D eigenvalue weighted by Gasteiger charge is 2.05. The maximum atomic E-state index is 5.46. The lowest BCUT2D eigenvalue weighted by atomic mass is 10.1. The number of fused-ring (bicyclic) bond motifs is 1. The lowest BCUT2D eigenvalue weighted by Gasteiger charge is -2.04. The molecule has 0 spiro atoms. The zero-order valence-electron chi connectivity index (χ0n) is 10.9. The van der Waals surface area contributed by atoms with Gasteiger partial charge in [0.05, 0.1) is 6.54 Å². The summed E-state index contributed by atoms with van der Waals surface area (Å²) in [5.74, 6) is 0.555. The summed E-state index contributed by atoms with van der Waals surface area (Å²) in [4.78, 5) is 0. The number of benzene rings is 2. The molecule has 0 bridgehead atoms. The molecule has 3 aromatic rings. The summed E-state index contributed by atoms with van der Waals surface area (Å²) < 4.78 is 6.52. The Morgan fingerprint density at radius 3 is 2.75 bits per heavy atom. The van der Waals surface area contributed by atoms with Crippen molar-refractivity contribution in [1.29, 1.82) is 0 Å². The molecule has 0 saturated heterocycles. The van der Waals surface area contributed by atoms with Crippen molar-refractivity contribution in [3.63, 3.8) is 0 Å². The fraction of sp³-hybridized carbons (Fsp3) is 0.143. The Morgan fingerprint density at radius 1 is 1.10 bits per heavy atom. The predicted octanol–water partition coefficient (Wildman–Crippen LogP) is 3.45. The van der Waals surface area contributed by atoms with E-state index in [1.165, 1.54) is 5.39 Å². The van der Waals surface area contributed by atoms with Gasteiger partial charge in [-0.2, -0.15) is 0 Å². The molecule has 102 valence electrons. The van der Waals surface area contributed by atoms with Crippen molar-refractivity contribution in [1.82, 2.24) is 15.5 Å². The van der Waals surface area contributed by atoms with Crippen LogP contribution in [0.2, 0.25) is 0 Å². The van der Waals surface area contributed by atoms with Crippen LogP contribution in [0.3, 0.4) is 0 Å². The Labute approximate surface area is 124 Å². The monoisotopic (exact) mass is 332 g/mol. The second-order valence-corrected chi connectivity index (χ2v) is 5.28. The molecular formula is C14H13BrN4O. The third-order valence-corrected chi connectivity index (χ3v) is 3.34. The normalized spacial score (nSPS) is 10.9. The molecule has 2 N–H and O–H groups in total. The molecule has 0 atom stereocenters. The van der Waals surface area contributed by atoms with Gasteiger partial charge in [-0.05, 0) is 42.1 Å². The van der Waals surface area contributed by atoms with Crippen LogP contribution in [0, 0.1) is 0 Å². The fourth-order valence-electron chi connectivity index (χ4n) is 1.94. The van der Waals surface area contributed by atoms with Crippen molar-refractivity contribution in [3.8, 4) is 0 Å². The van der Waals surface area contributed by atoms with Crippen LogP contribution in [0.1, 0.15) is 5.89 Å². The minimum atomic E-state index is 0.395. The van der Waals surface area contributed by atoms with E-state index in [1.54, 1.807) is 0 Å². The zero-order valence-corrected chi connectivity index (χ0v) is 12.4. The van der Waals surface area contributed by atoms with Crippen LogP contribution >= 0.6 is 15.9 Å². The van der Waals surface area contributed by atoms with Crippen molar-refractivity contribution in [2.75, 3.05) is 12.4 Å². The van der Waals surface area contributed by atoms with E-state index in [4.69, 9.17) is 4.42 Å². The van der Waals surface area contributed by atoms with E-state index in [0.717, 1.165) is 15.5 Å². The molecular weight excluding hydrogens is 320 g/mol. The largest absolute Gasteiger partial charge is 0.406 e. The minimum Gasteiger partial charge on any atom is -0.406 e. The van der Waals surface area contributed by atoms with Crippen LogP contribution in [0.25, 0.3) is 10.8 Å². The van der Waals surface area contributed by atoms with E-state index < -0.39 is 0 Å². The molecule has 0 aliphatic heterocycles. The van der Waals surface area contributed by atoms with Gasteiger partial charge in [-0.25, -0.2) is 0 Å². The van der Waals surface area contributed by atoms with Crippen LogP contribution in [0.5, 0.6) is 0 Å². The molecule has 20 heavy (non-hydrogen) atoms. The average Bonchev–Trinajstić information content (AvgIpc) is 2.87. The van der Waals surface area contributed by atoms with Crippen LogP contribution in [-0.2, 0) is 6.54 Å².